The third-order valence-corrected chi connectivity index (χ3v) is 1.28. The molecule has 0 rings (SSSR count). The van der Waals surface area contributed by atoms with Crippen LogP contribution in [0.1, 0.15) is 13.3 Å². The summed E-state index contributed by atoms with van der Waals surface area (Å²) in [7, 11) is 1.71. The molecule has 0 aliphatic heterocycles. The molecule has 0 saturated carbocycles. The SMILES string of the molecule is CNCNC(=O)C(N)CC(C)=O. The van der Waals surface area contributed by atoms with Crippen molar-refractivity contribution in [3.63, 3.8) is 0 Å². The van der Waals surface area contributed by atoms with Gasteiger partial charge in [-0.05, 0) is 14.0 Å². The third-order valence-electron chi connectivity index (χ3n) is 1.28. The van der Waals surface area contributed by atoms with Crippen LogP contribution in [0.2, 0.25) is 0 Å². The van der Waals surface area contributed by atoms with Gasteiger partial charge in [0.1, 0.15) is 5.78 Å². The van der Waals surface area contributed by atoms with Gasteiger partial charge in [0, 0.05) is 6.42 Å². The van der Waals surface area contributed by atoms with Crippen LogP contribution in [0.15, 0.2) is 0 Å². The largest absolute Gasteiger partial charge is 0.342 e. The third kappa shape index (κ3) is 4.81. The fourth-order valence-corrected chi connectivity index (χ4v) is 0.709. The van der Waals surface area contributed by atoms with Gasteiger partial charge in [-0.15, -0.1) is 0 Å². The Bertz CT molecular complexity index is 170. The Kier molecular flexibility index (Phi) is 5.23. The minimum atomic E-state index is -0.726. The first-order chi connectivity index (χ1) is 5.57. The Hall–Kier alpha value is -0.940. The molecule has 0 aromatic carbocycles. The quantitative estimate of drug-likeness (QED) is 0.446. The van der Waals surface area contributed by atoms with Gasteiger partial charge in [-0.2, -0.15) is 0 Å². The van der Waals surface area contributed by atoms with Crippen molar-refractivity contribution in [3.8, 4) is 0 Å². The molecule has 1 amide bonds. The van der Waals surface area contributed by atoms with E-state index >= 15 is 0 Å². The summed E-state index contributed by atoms with van der Waals surface area (Å²) in [5, 5.41) is 5.24. The Morgan fingerprint density at radius 1 is 1.50 bits per heavy atom. The van der Waals surface area contributed by atoms with Crippen LogP contribution in [0.25, 0.3) is 0 Å². The van der Waals surface area contributed by atoms with Crippen LogP contribution < -0.4 is 16.4 Å². The summed E-state index contributed by atoms with van der Waals surface area (Å²) < 4.78 is 0. The molecule has 5 heteroatoms. The molecule has 4 N–H and O–H groups in total. The Labute approximate surface area is 71.7 Å². The van der Waals surface area contributed by atoms with Crippen LogP contribution >= 0.6 is 0 Å². The summed E-state index contributed by atoms with van der Waals surface area (Å²) in [4.78, 5) is 21.6. The molecule has 0 bridgehead atoms. The maximum absolute atomic E-state index is 11.0. The summed E-state index contributed by atoms with van der Waals surface area (Å²) in [6.45, 7) is 1.77. The van der Waals surface area contributed by atoms with E-state index in [1.807, 2.05) is 0 Å². The lowest BCUT2D eigenvalue weighted by atomic mass is 10.1. The van der Waals surface area contributed by atoms with Gasteiger partial charge in [0.25, 0.3) is 0 Å². The molecule has 0 saturated heterocycles. The van der Waals surface area contributed by atoms with Gasteiger partial charge in [-0.25, -0.2) is 0 Å². The average molecular weight is 173 g/mol. The highest BCUT2D eigenvalue weighted by Gasteiger charge is 2.13. The van der Waals surface area contributed by atoms with Gasteiger partial charge < -0.3 is 16.4 Å². The lowest BCUT2D eigenvalue weighted by molar-refractivity contribution is -0.126. The molecule has 5 nitrogen and oxygen atoms in total. The molecule has 1 unspecified atom stereocenters. The van der Waals surface area contributed by atoms with E-state index in [0.717, 1.165) is 0 Å². The van der Waals surface area contributed by atoms with E-state index in [0.29, 0.717) is 6.67 Å². The van der Waals surface area contributed by atoms with E-state index in [1.54, 1.807) is 7.05 Å². The van der Waals surface area contributed by atoms with Gasteiger partial charge in [0.05, 0.1) is 12.7 Å². The summed E-state index contributed by atoms with van der Waals surface area (Å²) in [6, 6.07) is -0.726. The predicted octanol–water partition coefficient (Wildman–Crippen LogP) is -1.41. The smallest absolute Gasteiger partial charge is 0.238 e. The second-order valence-electron chi connectivity index (χ2n) is 2.58. The van der Waals surface area contributed by atoms with Crippen LogP contribution in [-0.4, -0.2) is 31.4 Å². The Morgan fingerprint density at radius 3 is 2.50 bits per heavy atom. The molecule has 0 aromatic heterocycles. The van der Waals surface area contributed by atoms with Crippen molar-refractivity contribution in [1.29, 1.82) is 0 Å². The van der Waals surface area contributed by atoms with Crippen molar-refractivity contribution >= 4 is 11.7 Å². The molecule has 0 fully saturated rings. The number of carbonyl (C=O) groups is 2. The topological polar surface area (TPSA) is 84.2 Å². The van der Waals surface area contributed by atoms with Gasteiger partial charge in [0.15, 0.2) is 0 Å². The number of rotatable bonds is 5. The van der Waals surface area contributed by atoms with Crippen LogP contribution in [0.3, 0.4) is 0 Å². The summed E-state index contributed by atoms with van der Waals surface area (Å²) >= 11 is 0. The summed E-state index contributed by atoms with van der Waals surface area (Å²) in [6.07, 6.45) is 0.0928. The van der Waals surface area contributed by atoms with Crippen LogP contribution in [0.4, 0.5) is 0 Å². The van der Waals surface area contributed by atoms with Crippen molar-refractivity contribution < 1.29 is 9.59 Å². The molecule has 0 aliphatic carbocycles. The van der Waals surface area contributed by atoms with E-state index in [1.165, 1.54) is 6.92 Å². The molecule has 0 aliphatic rings. The van der Waals surface area contributed by atoms with Gasteiger partial charge in [0.2, 0.25) is 5.91 Å². The minimum Gasteiger partial charge on any atom is -0.342 e. The first-order valence-corrected chi connectivity index (χ1v) is 3.75. The number of amides is 1. The zero-order valence-corrected chi connectivity index (χ0v) is 7.39. The second-order valence-corrected chi connectivity index (χ2v) is 2.58. The molecule has 0 heterocycles. The molecule has 0 spiro atoms. The van der Waals surface area contributed by atoms with Crippen molar-refractivity contribution in [2.45, 2.75) is 19.4 Å². The maximum Gasteiger partial charge on any atom is 0.238 e. The number of ketones is 1. The molecular formula is C7H15N3O2. The predicted molar refractivity (Wildman–Crippen MR) is 45.3 cm³/mol. The highest BCUT2D eigenvalue weighted by atomic mass is 16.2. The Balaban J connectivity index is 3.69. The standard InChI is InChI=1S/C7H15N3O2/c1-5(11)3-6(8)7(12)10-4-9-2/h6,9H,3-4,8H2,1-2H3,(H,10,12). The maximum atomic E-state index is 11.0. The van der Waals surface area contributed by atoms with Crippen LogP contribution in [0.5, 0.6) is 0 Å². The first-order valence-electron chi connectivity index (χ1n) is 3.75. The molecule has 12 heavy (non-hydrogen) atoms. The fourth-order valence-electron chi connectivity index (χ4n) is 0.709. The second kappa shape index (κ2) is 5.68. The van der Waals surface area contributed by atoms with Gasteiger partial charge in [-0.3, -0.25) is 9.59 Å². The van der Waals surface area contributed by atoms with E-state index in [2.05, 4.69) is 10.6 Å². The molecule has 1 atom stereocenters. The van der Waals surface area contributed by atoms with Crippen molar-refractivity contribution in [1.82, 2.24) is 10.6 Å². The van der Waals surface area contributed by atoms with Crippen molar-refractivity contribution in [2.24, 2.45) is 5.73 Å². The van der Waals surface area contributed by atoms with Crippen LogP contribution in [-0.2, 0) is 9.59 Å². The molecule has 0 radical (unpaired) electrons. The van der Waals surface area contributed by atoms with Crippen molar-refractivity contribution in [3.05, 3.63) is 0 Å². The van der Waals surface area contributed by atoms with E-state index in [4.69, 9.17) is 5.73 Å². The van der Waals surface area contributed by atoms with E-state index < -0.39 is 6.04 Å². The Morgan fingerprint density at radius 2 is 2.08 bits per heavy atom. The number of hydrogen-bond acceptors (Lipinski definition) is 4. The monoisotopic (exact) mass is 173 g/mol. The van der Waals surface area contributed by atoms with E-state index in [9.17, 15) is 9.59 Å². The molecule has 0 aromatic rings. The van der Waals surface area contributed by atoms with E-state index in [-0.39, 0.29) is 18.1 Å². The molecular weight excluding hydrogens is 158 g/mol. The summed E-state index contributed by atoms with van der Waals surface area (Å²) in [5.41, 5.74) is 5.40. The fraction of sp³-hybridized carbons (Fsp3) is 0.714. The molecule has 70 valence electrons. The van der Waals surface area contributed by atoms with Crippen molar-refractivity contribution in [2.75, 3.05) is 13.7 Å². The van der Waals surface area contributed by atoms with Gasteiger partial charge >= 0.3 is 0 Å². The first kappa shape index (κ1) is 11.1. The highest BCUT2D eigenvalue weighted by molar-refractivity contribution is 5.87. The zero-order valence-electron chi connectivity index (χ0n) is 7.39. The number of nitrogens with one attached hydrogen (secondary N) is 2. The number of nitrogens with two attached hydrogens (primary N) is 1. The average Bonchev–Trinajstić information content (AvgIpc) is 1.98. The number of Topliss-reactive ketones (excluding diaryl/α,β-unsaturated/α-hetero) is 1. The number of carbonyl (C=O) groups excluding carboxylic acids is 2. The zero-order chi connectivity index (χ0) is 9.56. The van der Waals surface area contributed by atoms with Gasteiger partial charge in [-0.1, -0.05) is 0 Å². The lowest BCUT2D eigenvalue weighted by Crippen LogP contribution is -2.44. The summed E-state index contributed by atoms with van der Waals surface area (Å²) in [5.74, 6) is -0.387. The highest BCUT2D eigenvalue weighted by Crippen LogP contribution is 1.88. The van der Waals surface area contributed by atoms with Crippen LogP contribution in [0, 0.1) is 0 Å². The number of hydrogen-bond donors (Lipinski definition) is 3. The normalized spacial score (nSPS) is 12.2. The minimum absolute atomic E-state index is 0.0814. The lowest BCUT2D eigenvalue weighted by Gasteiger charge is -2.09.